The Morgan fingerprint density at radius 3 is 2.41 bits per heavy atom. The molecular formula is C25H28N4O4S. The summed E-state index contributed by atoms with van der Waals surface area (Å²) >= 11 is 0. The number of carbonyl (C=O) groups is 2. The molecule has 3 N–H and O–H groups in total. The number of benzene rings is 3. The van der Waals surface area contributed by atoms with E-state index in [1.807, 2.05) is 43.3 Å². The summed E-state index contributed by atoms with van der Waals surface area (Å²) in [6.07, 6.45) is 0. The zero-order valence-electron chi connectivity index (χ0n) is 19.4. The molecule has 2 amide bonds. The van der Waals surface area contributed by atoms with Gasteiger partial charge in [-0.2, -0.15) is 8.42 Å². The third-order valence-electron chi connectivity index (χ3n) is 6.58. The molecule has 0 spiro atoms. The maximum atomic E-state index is 13.9. The summed E-state index contributed by atoms with van der Waals surface area (Å²) in [7, 11) is -2.65. The van der Waals surface area contributed by atoms with E-state index in [4.69, 9.17) is 5.73 Å². The van der Waals surface area contributed by atoms with E-state index in [1.165, 1.54) is 7.05 Å². The van der Waals surface area contributed by atoms with Crippen molar-refractivity contribution in [2.45, 2.75) is 20.4 Å². The first-order chi connectivity index (χ1) is 16.2. The lowest BCUT2D eigenvalue weighted by molar-refractivity contribution is -0.130. The van der Waals surface area contributed by atoms with Gasteiger partial charge in [0.15, 0.2) is 0 Å². The van der Waals surface area contributed by atoms with Gasteiger partial charge in [0, 0.05) is 19.5 Å². The Morgan fingerprint density at radius 2 is 1.74 bits per heavy atom. The first kappa shape index (κ1) is 23.7. The molecule has 2 atom stereocenters. The maximum Gasteiger partial charge on any atom is 0.301 e. The van der Waals surface area contributed by atoms with Crippen LogP contribution in [0.15, 0.2) is 60.7 Å². The van der Waals surface area contributed by atoms with Crippen molar-refractivity contribution < 1.29 is 18.0 Å². The van der Waals surface area contributed by atoms with Crippen LogP contribution in [0, 0.1) is 18.8 Å². The highest BCUT2D eigenvalue weighted by Crippen LogP contribution is 2.39. The number of fused-ring (bicyclic) bond motifs is 2. The van der Waals surface area contributed by atoms with Gasteiger partial charge in [-0.25, -0.2) is 4.72 Å². The van der Waals surface area contributed by atoms with E-state index < -0.39 is 28.0 Å². The van der Waals surface area contributed by atoms with Crippen LogP contribution in [0.2, 0.25) is 0 Å². The lowest BCUT2D eigenvalue weighted by atomic mass is 9.91. The number of carbonyl (C=O) groups excluding carboxylic acids is 2. The zero-order chi connectivity index (χ0) is 24.6. The van der Waals surface area contributed by atoms with Crippen LogP contribution >= 0.6 is 0 Å². The molecular weight excluding hydrogens is 452 g/mol. The molecule has 1 aliphatic rings. The molecule has 9 heteroatoms. The molecule has 34 heavy (non-hydrogen) atoms. The number of nitrogens with one attached hydrogen (secondary N) is 1. The summed E-state index contributed by atoms with van der Waals surface area (Å²) in [5, 5.41) is 2.05. The molecule has 178 valence electrons. The van der Waals surface area contributed by atoms with Crippen molar-refractivity contribution in [3.05, 3.63) is 71.8 Å². The van der Waals surface area contributed by atoms with Crippen LogP contribution in [-0.4, -0.2) is 33.8 Å². The van der Waals surface area contributed by atoms with Gasteiger partial charge in [0.1, 0.15) is 0 Å². The molecule has 3 aromatic rings. The Bertz CT molecular complexity index is 1370. The number of nitrogens with zero attached hydrogens (tertiary/aromatic N) is 2. The van der Waals surface area contributed by atoms with E-state index in [-0.39, 0.29) is 19.0 Å². The second-order valence-electron chi connectivity index (χ2n) is 8.53. The highest BCUT2D eigenvalue weighted by Gasteiger charge is 2.41. The number of hydrogen-bond donors (Lipinski definition) is 2. The number of amides is 2. The van der Waals surface area contributed by atoms with Crippen LogP contribution in [-0.2, 0) is 26.3 Å². The Balaban J connectivity index is 1.93. The van der Waals surface area contributed by atoms with Crippen molar-refractivity contribution in [3.63, 3.8) is 0 Å². The van der Waals surface area contributed by atoms with Gasteiger partial charge in [-0.05, 0) is 41.0 Å². The Hall–Kier alpha value is -3.43. The van der Waals surface area contributed by atoms with Gasteiger partial charge >= 0.3 is 10.2 Å². The van der Waals surface area contributed by atoms with Gasteiger partial charge in [0.2, 0.25) is 11.8 Å². The van der Waals surface area contributed by atoms with Gasteiger partial charge in [-0.15, -0.1) is 0 Å². The van der Waals surface area contributed by atoms with Crippen LogP contribution < -0.4 is 19.7 Å². The van der Waals surface area contributed by atoms with Crippen molar-refractivity contribution >= 4 is 44.2 Å². The van der Waals surface area contributed by atoms with Crippen LogP contribution in [0.5, 0.6) is 0 Å². The lowest BCUT2D eigenvalue weighted by Crippen LogP contribution is -2.47. The quantitative estimate of drug-likeness (QED) is 0.565. The fourth-order valence-electron chi connectivity index (χ4n) is 4.46. The number of para-hydroxylation sites is 2. The van der Waals surface area contributed by atoms with Gasteiger partial charge in [0.05, 0.1) is 23.8 Å². The van der Waals surface area contributed by atoms with Crippen molar-refractivity contribution in [1.29, 1.82) is 0 Å². The minimum atomic E-state index is -3.96. The van der Waals surface area contributed by atoms with E-state index in [0.29, 0.717) is 11.4 Å². The average molecular weight is 481 g/mol. The molecule has 0 fully saturated rings. The summed E-state index contributed by atoms with van der Waals surface area (Å²) in [5.41, 5.74) is 8.36. The van der Waals surface area contributed by atoms with Crippen LogP contribution in [0.4, 0.5) is 11.4 Å². The van der Waals surface area contributed by atoms with E-state index in [9.17, 15) is 18.0 Å². The first-order valence-electron chi connectivity index (χ1n) is 11.0. The maximum absolute atomic E-state index is 13.9. The molecule has 0 radical (unpaired) electrons. The third kappa shape index (κ3) is 4.12. The normalized spacial score (nSPS) is 17.4. The van der Waals surface area contributed by atoms with Gasteiger partial charge < -0.3 is 10.6 Å². The third-order valence-corrected chi connectivity index (χ3v) is 8.02. The Kier molecular flexibility index (Phi) is 6.33. The van der Waals surface area contributed by atoms with Gasteiger partial charge in [0.25, 0.3) is 0 Å². The number of hydrogen-bond acceptors (Lipinski definition) is 4. The second-order valence-corrected chi connectivity index (χ2v) is 10.3. The van der Waals surface area contributed by atoms with Crippen molar-refractivity contribution in [1.82, 2.24) is 4.72 Å². The van der Waals surface area contributed by atoms with Gasteiger partial charge in [-0.3, -0.25) is 13.9 Å². The molecule has 0 bridgehead atoms. The van der Waals surface area contributed by atoms with Crippen molar-refractivity contribution in [3.8, 4) is 0 Å². The molecule has 1 unspecified atom stereocenters. The number of nitrogens with two attached hydrogens (primary N) is 1. The smallest absolute Gasteiger partial charge is 0.301 e. The summed E-state index contributed by atoms with van der Waals surface area (Å²) < 4.78 is 29.4. The fourth-order valence-corrected chi connectivity index (χ4v) is 5.45. The number of rotatable bonds is 6. The van der Waals surface area contributed by atoms with Gasteiger partial charge in [-0.1, -0.05) is 55.5 Å². The minimum absolute atomic E-state index is 0.200. The highest BCUT2D eigenvalue weighted by atomic mass is 32.2. The molecule has 1 heterocycles. The SMILES string of the molecule is CNS(=O)(=O)N1C[C@H](C(C)C(N)=O)C(=O)N(Cc2c(C)ccc3ccccc23)c2ccccc21. The molecule has 0 saturated heterocycles. The predicted molar refractivity (Wildman–Crippen MR) is 133 cm³/mol. The predicted octanol–water partition coefficient (Wildman–Crippen LogP) is 2.70. The van der Waals surface area contributed by atoms with E-state index in [1.54, 1.807) is 36.1 Å². The number of primary amides is 1. The molecule has 3 aromatic carbocycles. The molecule has 0 saturated carbocycles. The summed E-state index contributed by atoms with van der Waals surface area (Å²) in [4.78, 5) is 27.6. The molecule has 4 rings (SSSR count). The molecule has 1 aliphatic heterocycles. The topological polar surface area (TPSA) is 113 Å². The summed E-state index contributed by atoms with van der Waals surface area (Å²) in [6.45, 7) is 3.57. The minimum Gasteiger partial charge on any atom is -0.369 e. The van der Waals surface area contributed by atoms with Crippen LogP contribution in [0.25, 0.3) is 10.8 Å². The Labute approximate surface area is 199 Å². The monoisotopic (exact) mass is 480 g/mol. The Morgan fingerprint density at radius 1 is 1.09 bits per heavy atom. The largest absolute Gasteiger partial charge is 0.369 e. The highest BCUT2D eigenvalue weighted by molar-refractivity contribution is 7.90. The molecule has 8 nitrogen and oxygen atoms in total. The molecule has 0 aliphatic carbocycles. The average Bonchev–Trinajstić information content (AvgIpc) is 2.95. The summed E-state index contributed by atoms with van der Waals surface area (Å²) in [6, 6.07) is 18.8. The zero-order valence-corrected chi connectivity index (χ0v) is 20.2. The standard InChI is InChI=1S/C25H28N4O4S/c1-16-12-13-18-8-4-5-9-19(18)20(16)14-28-22-10-6-7-11-23(22)29(34(32,33)27-3)15-21(25(28)31)17(2)24(26)30/h4-13,17,21,27H,14-15H2,1-3H3,(H2,26,30)/t17?,21-/m1/s1. The lowest BCUT2D eigenvalue weighted by Gasteiger charge is -2.28. The van der Waals surface area contributed by atoms with E-state index in [0.717, 1.165) is 26.2 Å². The van der Waals surface area contributed by atoms with Crippen molar-refractivity contribution in [2.24, 2.45) is 17.6 Å². The first-order valence-corrected chi connectivity index (χ1v) is 12.5. The van der Waals surface area contributed by atoms with Crippen LogP contribution in [0.3, 0.4) is 0 Å². The number of anilines is 2. The van der Waals surface area contributed by atoms with Crippen LogP contribution in [0.1, 0.15) is 18.1 Å². The second kappa shape index (κ2) is 9.08. The van der Waals surface area contributed by atoms with E-state index >= 15 is 0 Å². The fraction of sp³-hybridized carbons (Fsp3) is 0.280. The van der Waals surface area contributed by atoms with E-state index in [2.05, 4.69) is 4.72 Å². The molecule has 0 aromatic heterocycles. The summed E-state index contributed by atoms with van der Waals surface area (Å²) in [5.74, 6) is -2.83. The number of aryl methyl sites for hydroxylation is 1. The van der Waals surface area contributed by atoms with Crippen molar-refractivity contribution in [2.75, 3.05) is 22.8 Å².